The molecule has 0 amide bonds. The van der Waals surface area contributed by atoms with Crippen molar-refractivity contribution < 1.29 is 19.4 Å². The predicted octanol–water partition coefficient (Wildman–Crippen LogP) is 3.37. The number of aliphatic carboxylic acids is 1. The van der Waals surface area contributed by atoms with Crippen LogP contribution in [0.2, 0.25) is 5.02 Å². The number of rotatable bonds is 10. The van der Waals surface area contributed by atoms with Gasteiger partial charge >= 0.3 is 17.3 Å². The average molecular weight is 503 g/mol. The lowest BCUT2D eigenvalue weighted by Gasteiger charge is -2.17. The molecule has 3 rings (SSSR count). The summed E-state index contributed by atoms with van der Waals surface area (Å²) in [5.74, 6) is -0.949. The standard InChI is InChI=1S/C24H27ClN4O6/c1-14(2)35-20-10-7-17(11-19(20)25)26-22-27-23(32)29(12-15(3)21(30)31)24(33)28(22)13-16-5-8-18(34-4)9-6-16/h5-11,14-15H,12-13H2,1-4H3,(H,30,31)(H,26,27,32)/t15-/m0/s1. The van der Waals surface area contributed by atoms with Crippen molar-refractivity contribution >= 4 is 29.2 Å². The lowest BCUT2D eigenvalue weighted by atomic mass is 10.2. The predicted molar refractivity (Wildman–Crippen MR) is 132 cm³/mol. The van der Waals surface area contributed by atoms with Gasteiger partial charge in [0.25, 0.3) is 0 Å². The van der Waals surface area contributed by atoms with Crippen LogP contribution in [0.1, 0.15) is 26.3 Å². The van der Waals surface area contributed by atoms with Crippen LogP contribution in [-0.4, -0.2) is 38.4 Å². The first-order chi connectivity index (χ1) is 16.6. The van der Waals surface area contributed by atoms with Gasteiger partial charge in [0, 0.05) is 12.2 Å². The van der Waals surface area contributed by atoms with Gasteiger partial charge in [-0.15, -0.1) is 0 Å². The van der Waals surface area contributed by atoms with E-state index in [1.807, 2.05) is 13.8 Å². The summed E-state index contributed by atoms with van der Waals surface area (Å²) in [6.45, 7) is 4.93. The third-order valence-corrected chi connectivity index (χ3v) is 5.37. The number of aromatic nitrogens is 3. The molecule has 186 valence electrons. The Hall–Kier alpha value is -3.79. The number of hydrogen-bond donors (Lipinski definition) is 2. The number of ether oxygens (including phenoxy) is 2. The summed E-state index contributed by atoms with van der Waals surface area (Å²) in [5.41, 5.74) is -0.324. The first kappa shape index (κ1) is 25.8. The molecule has 2 aromatic carbocycles. The molecule has 0 bridgehead atoms. The van der Waals surface area contributed by atoms with Crippen molar-refractivity contribution in [1.82, 2.24) is 14.1 Å². The number of nitrogens with one attached hydrogen (secondary N) is 1. The van der Waals surface area contributed by atoms with Crippen LogP contribution in [0.25, 0.3) is 0 Å². The quantitative estimate of drug-likeness (QED) is 0.432. The second-order valence-electron chi connectivity index (χ2n) is 8.22. The van der Waals surface area contributed by atoms with Gasteiger partial charge in [0.05, 0.1) is 30.7 Å². The van der Waals surface area contributed by atoms with Crippen molar-refractivity contribution in [2.24, 2.45) is 5.92 Å². The Morgan fingerprint density at radius 1 is 1.11 bits per heavy atom. The van der Waals surface area contributed by atoms with E-state index in [4.69, 9.17) is 21.1 Å². The van der Waals surface area contributed by atoms with Gasteiger partial charge in [0.15, 0.2) is 0 Å². The Bertz CT molecular complexity index is 1320. The molecule has 10 nitrogen and oxygen atoms in total. The fourth-order valence-corrected chi connectivity index (χ4v) is 3.47. The number of benzene rings is 2. The Morgan fingerprint density at radius 2 is 1.80 bits per heavy atom. The second-order valence-corrected chi connectivity index (χ2v) is 8.63. The van der Waals surface area contributed by atoms with Crippen molar-refractivity contribution in [2.75, 3.05) is 12.4 Å². The molecule has 2 N–H and O–H groups in total. The van der Waals surface area contributed by atoms with Crippen molar-refractivity contribution in [3.8, 4) is 11.5 Å². The molecular formula is C24H27ClN4O6. The zero-order valence-electron chi connectivity index (χ0n) is 19.8. The molecule has 3 aromatic rings. The molecule has 11 heteroatoms. The molecule has 0 saturated heterocycles. The van der Waals surface area contributed by atoms with Crippen molar-refractivity contribution in [1.29, 1.82) is 0 Å². The normalized spacial score (nSPS) is 11.8. The molecule has 0 aliphatic rings. The van der Waals surface area contributed by atoms with Gasteiger partial charge in [-0.25, -0.2) is 14.2 Å². The van der Waals surface area contributed by atoms with Crippen LogP contribution in [0.4, 0.5) is 11.6 Å². The zero-order valence-corrected chi connectivity index (χ0v) is 20.6. The fourth-order valence-electron chi connectivity index (χ4n) is 3.25. The second kappa shape index (κ2) is 11.1. The Morgan fingerprint density at radius 3 is 2.37 bits per heavy atom. The highest BCUT2D eigenvalue weighted by Crippen LogP contribution is 2.29. The lowest BCUT2D eigenvalue weighted by molar-refractivity contribution is -0.141. The van der Waals surface area contributed by atoms with Crippen molar-refractivity contribution in [3.63, 3.8) is 0 Å². The Labute approximate surface area is 206 Å². The topological polar surface area (TPSA) is 125 Å². The molecule has 0 fully saturated rings. The fraction of sp³-hybridized carbons (Fsp3) is 0.333. The van der Waals surface area contributed by atoms with E-state index in [2.05, 4.69) is 10.3 Å². The number of carboxylic acids is 1. The molecule has 0 aliphatic heterocycles. The minimum absolute atomic E-state index is 0.0105. The minimum atomic E-state index is -1.13. The summed E-state index contributed by atoms with van der Waals surface area (Å²) in [5, 5.41) is 12.6. The van der Waals surface area contributed by atoms with E-state index < -0.39 is 23.3 Å². The summed E-state index contributed by atoms with van der Waals surface area (Å²) in [6.07, 6.45) is -0.0663. The molecule has 0 aliphatic carbocycles. The summed E-state index contributed by atoms with van der Waals surface area (Å²) < 4.78 is 12.9. The average Bonchev–Trinajstić information content (AvgIpc) is 2.81. The number of halogens is 1. The SMILES string of the molecule is COc1ccc(Cn2c(Nc3ccc(OC(C)C)c(Cl)c3)nc(=O)n(C[C@H](C)C(=O)O)c2=O)cc1. The molecule has 0 spiro atoms. The van der Waals surface area contributed by atoms with Crippen LogP contribution in [-0.2, 0) is 17.9 Å². The molecule has 0 radical (unpaired) electrons. The van der Waals surface area contributed by atoms with Gasteiger partial charge in [-0.3, -0.25) is 9.36 Å². The van der Waals surface area contributed by atoms with E-state index >= 15 is 0 Å². The highest BCUT2D eigenvalue weighted by molar-refractivity contribution is 6.32. The summed E-state index contributed by atoms with van der Waals surface area (Å²) in [4.78, 5) is 41.3. The molecule has 1 heterocycles. The van der Waals surface area contributed by atoms with Crippen LogP contribution in [0.3, 0.4) is 0 Å². The summed E-state index contributed by atoms with van der Waals surface area (Å²) >= 11 is 6.33. The van der Waals surface area contributed by atoms with Gasteiger partial charge in [-0.2, -0.15) is 4.98 Å². The Balaban J connectivity index is 2.05. The maximum Gasteiger partial charge on any atom is 0.354 e. The van der Waals surface area contributed by atoms with E-state index in [1.165, 1.54) is 11.5 Å². The maximum atomic E-state index is 13.3. The first-order valence-corrected chi connectivity index (χ1v) is 11.3. The Kier molecular flexibility index (Phi) is 8.18. The summed E-state index contributed by atoms with van der Waals surface area (Å²) in [6, 6.07) is 12.0. The molecule has 0 saturated carbocycles. The van der Waals surface area contributed by atoms with Crippen LogP contribution < -0.4 is 26.2 Å². The highest BCUT2D eigenvalue weighted by Gasteiger charge is 2.19. The van der Waals surface area contributed by atoms with Crippen LogP contribution in [0.15, 0.2) is 52.1 Å². The highest BCUT2D eigenvalue weighted by atomic mass is 35.5. The van der Waals surface area contributed by atoms with E-state index in [9.17, 15) is 19.5 Å². The molecule has 35 heavy (non-hydrogen) atoms. The molecule has 1 atom stereocenters. The number of hydrogen-bond acceptors (Lipinski definition) is 7. The van der Waals surface area contributed by atoms with Gasteiger partial charge in [-0.1, -0.05) is 30.7 Å². The third kappa shape index (κ3) is 6.42. The number of nitrogens with zero attached hydrogens (tertiary/aromatic N) is 3. The molecular weight excluding hydrogens is 476 g/mol. The van der Waals surface area contributed by atoms with Crippen molar-refractivity contribution in [3.05, 3.63) is 74.0 Å². The van der Waals surface area contributed by atoms with E-state index in [0.29, 0.717) is 22.2 Å². The largest absolute Gasteiger partial charge is 0.497 e. The van der Waals surface area contributed by atoms with Gasteiger partial charge in [0.1, 0.15) is 11.5 Å². The van der Waals surface area contributed by atoms with Gasteiger partial charge in [-0.05, 0) is 49.7 Å². The monoisotopic (exact) mass is 502 g/mol. The number of methoxy groups -OCH3 is 1. The number of anilines is 2. The van der Waals surface area contributed by atoms with E-state index in [1.54, 1.807) is 49.6 Å². The summed E-state index contributed by atoms with van der Waals surface area (Å²) in [7, 11) is 1.55. The minimum Gasteiger partial charge on any atom is -0.497 e. The van der Waals surface area contributed by atoms with E-state index in [-0.39, 0.29) is 25.1 Å². The van der Waals surface area contributed by atoms with Crippen molar-refractivity contribution in [2.45, 2.75) is 40.0 Å². The lowest BCUT2D eigenvalue weighted by Crippen LogP contribution is -2.44. The maximum absolute atomic E-state index is 13.3. The van der Waals surface area contributed by atoms with Crippen LogP contribution in [0.5, 0.6) is 11.5 Å². The number of carbonyl (C=O) groups is 1. The van der Waals surface area contributed by atoms with Gasteiger partial charge in [0.2, 0.25) is 5.95 Å². The van der Waals surface area contributed by atoms with Crippen LogP contribution >= 0.6 is 11.6 Å². The number of carboxylic acid groups (broad SMARTS) is 1. The van der Waals surface area contributed by atoms with Crippen LogP contribution in [0, 0.1) is 5.92 Å². The third-order valence-electron chi connectivity index (χ3n) is 5.08. The molecule has 0 unspecified atom stereocenters. The molecule has 1 aromatic heterocycles. The zero-order chi connectivity index (χ0) is 25.7. The van der Waals surface area contributed by atoms with Gasteiger partial charge < -0.3 is 19.9 Å². The first-order valence-electron chi connectivity index (χ1n) is 10.9. The smallest absolute Gasteiger partial charge is 0.354 e. The van der Waals surface area contributed by atoms with E-state index in [0.717, 1.165) is 10.1 Å².